The predicted molar refractivity (Wildman–Crippen MR) is 111 cm³/mol. The van der Waals surface area contributed by atoms with Crippen molar-refractivity contribution in [3.05, 3.63) is 36.0 Å². The van der Waals surface area contributed by atoms with Crippen molar-refractivity contribution in [3.8, 4) is 0 Å². The van der Waals surface area contributed by atoms with Crippen LogP contribution >= 0.6 is 0 Å². The van der Waals surface area contributed by atoms with E-state index in [9.17, 15) is 9.59 Å². The highest BCUT2D eigenvalue weighted by atomic mass is 16.5. The fraction of sp³-hybridized carbons (Fsp3) is 0.565. The lowest BCUT2D eigenvalue weighted by molar-refractivity contribution is -0.130. The molecule has 2 aliphatic heterocycles. The van der Waals surface area contributed by atoms with Gasteiger partial charge < -0.3 is 19.9 Å². The van der Waals surface area contributed by atoms with E-state index in [1.807, 2.05) is 35.4 Å². The maximum atomic E-state index is 13.3. The summed E-state index contributed by atoms with van der Waals surface area (Å²) in [7, 11) is 0. The van der Waals surface area contributed by atoms with E-state index in [1.54, 1.807) is 0 Å². The average molecular weight is 396 g/mol. The first-order valence-corrected chi connectivity index (χ1v) is 10.9. The van der Waals surface area contributed by atoms with Crippen LogP contribution in [0.1, 0.15) is 48.9 Å². The average Bonchev–Trinajstić information content (AvgIpc) is 3.48. The Kier molecular flexibility index (Phi) is 4.82. The molecule has 2 N–H and O–H groups in total. The first-order valence-electron chi connectivity index (χ1n) is 10.9. The summed E-state index contributed by atoms with van der Waals surface area (Å²) < 4.78 is 5.60. The number of amides is 2. The fourth-order valence-corrected chi connectivity index (χ4v) is 5.50. The van der Waals surface area contributed by atoms with Crippen LogP contribution in [0.15, 0.2) is 30.5 Å². The van der Waals surface area contributed by atoms with E-state index >= 15 is 0 Å². The Morgan fingerprint density at radius 2 is 1.93 bits per heavy atom. The van der Waals surface area contributed by atoms with Crippen LogP contribution < -0.4 is 5.32 Å². The Hall–Kier alpha value is -2.34. The highest BCUT2D eigenvalue weighted by Crippen LogP contribution is 2.45. The first-order chi connectivity index (χ1) is 14.1. The monoisotopic (exact) mass is 395 g/mol. The maximum absolute atomic E-state index is 13.3. The summed E-state index contributed by atoms with van der Waals surface area (Å²) >= 11 is 0. The first kappa shape index (κ1) is 18.7. The molecule has 0 bridgehead atoms. The van der Waals surface area contributed by atoms with E-state index < -0.39 is 0 Å². The third-order valence-electron chi connectivity index (χ3n) is 7.24. The molecule has 6 nitrogen and oxygen atoms in total. The molecule has 2 amide bonds. The van der Waals surface area contributed by atoms with Gasteiger partial charge >= 0.3 is 0 Å². The van der Waals surface area contributed by atoms with Gasteiger partial charge in [-0.15, -0.1) is 0 Å². The number of H-pyrrole nitrogens is 1. The van der Waals surface area contributed by atoms with Gasteiger partial charge in [-0.1, -0.05) is 18.9 Å². The SMILES string of the molecule is O=C(NC1CCCC1)C1CN(C(=O)c2ccc3cc[nH]c3c2)CC12CCOCC2. The van der Waals surface area contributed by atoms with Crippen molar-refractivity contribution in [1.82, 2.24) is 15.2 Å². The van der Waals surface area contributed by atoms with Crippen LogP contribution in [0.4, 0.5) is 0 Å². The minimum Gasteiger partial charge on any atom is -0.381 e. The number of aromatic nitrogens is 1. The van der Waals surface area contributed by atoms with Crippen LogP contribution in [-0.2, 0) is 9.53 Å². The molecule has 5 rings (SSSR count). The minimum atomic E-state index is -0.160. The lowest BCUT2D eigenvalue weighted by Gasteiger charge is -2.37. The molecule has 1 aromatic carbocycles. The van der Waals surface area contributed by atoms with Crippen molar-refractivity contribution in [2.45, 2.75) is 44.6 Å². The second-order valence-electron chi connectivity index (χ2n) is 8.98. The number of nitrogens with zero attached hydrogens (tertiary/aromatic N) is 1. The normalized spacial score (nSPS) is 24.4. The Morgan fingerprint density at radius 3 is 2.72 bits per heavy atom. The molecule has 1 atom stereocenters. The number of carbonyl (C=O) groups excluding carboxylic acids is 2. The van der Waals surface area contributed by atoms with Gasteiger partial charge in [-0.05, 0) is 49.3 Å². The van der Waals surface area contributed by atoms with Gasteiger partial charge in [0, 0.05) is 55.0 Å². The highest BCUT2D eigenvalue weighted by Gasteiger charge is 2.52. The highest BCUT2D eigenvalue weighted by molar-refractivity contribution is 5.98. The quantitative estimate of drug-likeness (QED) is 0.839. The molecule has 1 aliphatic carbocycles. The molecule has 0 radical (unpaired) electrons. The van der Waals surface area contributed by atoms with Crippen molar-refractivity contribution < 1.29 is 14.3 Å². The van der Waals surface area contributed by atoms with E-state index in [4.69, 9.17) is 4.74 Å². The zero-order chi connectivity index (χ0) is 19.8. The van der Waals surface area contributed by atoms with Crippen molar-refractivity contribution >= 4 is 22.7 Å². The molecule has 2 aromatic rings. The van der Waals surface area contributed by atoms with E-state index in [-0.39, 0.29) is 23.1 Å². The van der Waals surface area contributed by atoms with E-state index in [0.29, 0.717) is 37.9 Å². The summed E-state index contributed by atoms with van der Waals surface area (Å²) in [5.74, 6) is 0.00243. The molecular weight excluding hydrogens is 366 g/mol. The number of hydrogen-bond donors (Lipinski definition) is 2. The lowest BCUT2D eigenvalue weighted by atomic mass is 9.71. The Labute approximate surface area is 171 Å². The fourth-order valence-electron chi connectivity index (χ4n) is 5.50. The molecular formula is C23H29N3O3. The minimum absolute atomic E-state index is 0.0172. The summed E-state index contributed by atoms with van der Waals surface area (Å²) in [5.41, 5.74) is 1.48. The van der Waals surface area contributed by atoms with Gasteiger partial charge in [-0.3, -0.25) is 9.59 Å². The number of ether oxygens (including phenoxy) is 1. The number of carbonyl (C=O) groups is 2. The Morgan fingerprint density at radius 1 is 1.14 bits per heavy atom. The van der Waals surface area contributed by atoms with Gasteiger partial charge in [-0.2, -0.15) is 0 Å². The Bertz CT molecular complexity index is 909. The van der Waals surface area contributed by atoms with E-state index in [2.05, 4.69) is 10.3 Å². The van der Waals surface area contributed by atoms with Crippen molar-refractivity contribution in [2.75, 3.05) is 26.3 Å². The lowest BCUT2D eigenvalue weighted by Crippen LogP contribution is -2.46. The zero-order valence-electron chi connectivity index (χ0n) is 16.8. The van der Waals surface area contributed by atoms with E-state index in [1.165, 1.54) is 12.8 Å². The van der Waals surface area contributed by atoms with Crippen LogP contribution in [0.2, 0.25) is 0 Å². The number of nitrogens with one attached hydrogen (secondary N) is 2. The van der Waals surface area contributed by atoms with Gasteiger partial charge in [0.1, 0.15) is 0 Å². The van der Waals surface area contributed by atoms with Crippen LogP contribution in [0.3, 0.4) is 0 Å². The molecule has 3 heterocycles. The van der Waals surface area contributed by atoms with Crippen molar-refractivity contribution in [2.24, 2.45) is 11.3 Å². The molecule has 154 valence electrons. The van der Waals surface area contributed by atoms with Crippen LogP contribution in [-0.4, -0.2) is 54.0 Å². The van der Waals surface area contributed by atoms with Gasteiger partial charge in [0.15, 0.2) is 0 Å². The summed E-state index contributed by atoms with van der Waals surface area (Å²) in [6, 6.07) is 8.09. The maximum Gasteiger partial charge on any atom is 0.253 e. The second-order valence-corrected chi connectivity index (χ2v) is 8.98. The zero-order valence-corrected chi connectivity index (χ0v) is 16.8. The number of benzene rings is 1. The van der Waals surface area contributed by atoms with Gasteiger partial charge in [-0.25, -0.2) is 0 Å². The Balaban J connectivity index is 1.38. The molecule has 3 aliphatic rings. The van der Waals surface area contributed by atoms with Crippen LogP contribution in [0.25, 0.3) is 10.9 Å². The molecule has 6 heteroatoms. The topological polar surface area (TPSA) is 74.4 Å². The number of aromatic amines is 1. The molecule has 1 saturated carbocycles. The molecule has 1 aromatic heterocycles. The number of likely N-dealkylation sites (tertiary alicyclic amines) is 1. The van der Waals surface area contributed by atoms with Gasteiger partial charge in [0.05, 0.1) is 5.92 Å². The van der Waals surface area contributed by atoms with Crippen LogP contribution in [0.5, 0.6) is 0 Å². The van der Waals surface area contributed by atoms with Crippen LogP contribution in [0, 0.1) is 11.3 Å². The summed E-state index contributed by atoms with van der Waals surface area (Å²) in [4.78, 5) is 31.6. The molecule has 29 heavy (non-hydrogen) atoms. The summed E-state index contributed by atoms with van der Waals surface area (Å²) in [5, 5.41) is 4.38. The summed E-state index contributed by atoms with van der Waals surface area (Å²) in [6.45, 7) is 2.48. The largest absolute Gasteiger partial charge is 0.381 e. The number of hydrogen-bond acceptors (Lipinski definition) is 3. The van der Waals surface area contributed by atoms with Gasteiger partial charge in [0.2, 0.25) is 5.91 Å². The third-order valence-corrected chi connectivity index (χ3v) is 7.24. The van der Waals surface area contributed by atoms with Crippen molar-refractivity contribution in [1.29, 1.82) is 0 Å². The van der Waals surface area contributed by atoms with E-state index in [0.717, 1.165) is 36.6 Å². The third kappa shape index (κ3) is 3.44. The molecule has 2 saturated heterocycles. The van der Waals surface area contributed by atoms with Gasteiger partial charge in [0.25, 0.3) is 5.91 Å². The number of fused-ring (bicyclic) bond motifs is 1. The smallest absolute Gasteiger partial charge is 0.253 e. The predicted octanol–water partition coefficient (Wildman–Crippen LogP) is 3.10. The molecule has 3 fully saturated rings. The molecule has 1 spiro atoms. The number of rotatable bonds is 3. The summed E-state index contributed by atoms with van der Waals surface area (Å²) in [6.07, 6.45) is 8.11. The standard InChI is InChI=1S/C23H29N3O3/c27-21(25-18-3-1-2-4-18)19-14-26(15-23(19)8-11-29-12-9-23)22(28)17-6-5-16-7-10-24-20(16)13-17/h5-7,10,13,18-19,24H,1-4,8-9,11-12,14-15H2,(H,25,27). The second kappa shape index (κ2) is 7.48. The molecule has 1 unspecified atom stereocenters. The van der Waals surface area contributed by atoms with Crippen molar-refractivity contribution in [3.63, 3.8) is 0 Å².